The Morgan fingerprint density at radius 3 is 2.58 bits per heavy atom. The van der Waals surface area contributed by atoms with E-state index in [0.717, 1.165) is 22.2 Å². The van der Waals surface area contributed by atoms with E-state index in [4.69, 9.17) is 4.74 Å². The minimum absolute atomic E-state index is 0.104. The molecule has 1 aliphatic rings. The number of benzene rings is 1. The lowest BCUT2D eigenvalue weighted by Gasteiger charge is -2.19. The lowest BCUT2D eigenvalue weighted by Crippen LogP contribution is -3.03. The van der Waals surface area contributed by atoms with E-state index in [1.165, 1.54) is 11.8 Å². The zero-order chi connectivity index (χ0) is 19.2. The Morgan fingerprint density at radius 1 is 1.27 bits per heavy atom. The lowest BCUT2D eigenvalue weighted by atomic mass is 10.2. The van der Waals surface area contributed by atoms with Gasteiger partial charge in [0.15, 0.2) is 5.69 Å². The van der Waals surface area contributed by atoms with Crippen molar-refractivity contribution in [2.24, 2.45) is 10.1 Å². The van der Waals surface area contributed by atoms with Gasteiger partial charge in [-0.3, -0.25) is 4.79 Å². The largest absolute Gasteiger partial charge is 0.444 e. The molecule has 1 aromatic rings. The third-order valence-corrected chi connectivity index (χ3v) is 4.33. The third kappa shape index (κ3) is 6.27. The van der Waals surface area contributed by atoms with Crippen LogP contribution in [0, 0.1) is 0 Å². The molecular formula is C18H25N4O3S+. The van der Waals surface area contributed by atoms with Gasteiger partial charge >= 0.3 is 11.3 Å². The van der Waals surface area contributed by atoms with E-state index in [-0.39, 0.29) is 18.9 Å². The molecule has 0 saturated carbocycles. The van der Waals surface area contributed by atoms with Gasteiger partial charge in [-0.1, -0.05) is 30.2 Å². The highest BCUT2D eigenvalue weighted by Crippen LogP contribution is 2.15. The van der Waals surface area contributed by atoms with E-state index in [1.54, 1.807) is 20.8 Å². The van der Waals surface area contributed by atoms with E-state index in [9.17, 15) is 9.59 Å². The normalized spacial score (nSPS) is 18.5. The van der Waals surface area contributed by atoms with Gasteiger partial charge < -0.3 is 10.1 Å². The van der Waals surface area contributed by atoms with Crippen LogP contribution in [0.15, 0.2) is 40.4 Å². The van der Waals surface area contributed by atoms with E-state index in [1.807, 2.05) is 37.3 Å². The van der Waals surface area contributed by atoms with Crippen LogP contribution < -0.4 is 10.3 Å². The van der Waals surface area contributed by atoms with Crippen molar-refractivity contribution in [2.75, 3.05) is 6.54 Å². The number of quaternary nitrogens is 1. The Labute approximate surface area is 157 Å². The number of carbonyl (C=O) groups excluding carboxylic acids is 2. The van der Waals surface area contributed by atoms with Crippen molar-refractivity contribution in [2.45, 2.75) is 46.1 Å². The first-order chi connectivity index (χ1) is 12.3. The fraction of sp³-hybridized carbons (Fsp3) is 0.444. The molecule has 1 unspecified atom stereocenters. The molecule has 2 N–H and O–H groups in total. The van der Waals surface area contributed by atoms with Gasteiger partial charge in [-0.25, -0.2) is 4.79 Å². The van der Waals surface area contributed by atoms with Gasteiger partial charge in [0.2, 0.25) is 0 Å². The molecule has 7 nitrogen and oxygen atoms in total. The summed E-state index contributed by atoms with van der Waals surface area (Å²) in [6, 6.07) is 9.68. The first kappa shape index (κ1) is 20.1. The van der Waals surface area contributed by atoms with Gasteiger partial charge in [0, 0.05) is 36.9 Å². The molecule has 0 spiro atoms. The molecule has 0 saturated heterocycles. The number of rotatable bonds is 5. The van der Waals surface area contributed by atoms with Crippen LogP contribution in [0.25, 0.3) is 0 Å². The van der Waals surface area contributed by atoms with Gasteiger partial charge in [-0.05, 0) is 27.2 Å². The maximum atomic E-state index is 12.2. The highest BCUT2D eigenvalue weighted by molar-refractivity contribution is 8.26. The molecule has 1 aliphatic heterocycles. The SMILES string of the molecule is CCC1=N[NH+](c2ccccc2)C(=NC(=O)CCNC(=O)OC(C)(C)C)S1. The standard InChI is InChI=1S/C18H24N4O3S/c1-5-15-21-22(13-9-7-6-8-10-13)16(26-15)20-14(23)11-12-19-17(24)25-18(2,3)4/h6-10H,5,11-12H2,1-4H3,(H,19,24)/p+1. The molecule has 0 aliphatic carbocycles. The van der Waals surface area contributed by atoms with E-state index in [0.29, 0.717) is 5.17 Å². The summed E-state index contributed by atoms with van der Waals surface area (Å²) in [5.74, 6) is -0.301. The Hall–Kier alpha value is -2.19. The number of ether oxygens (including phenoxy) is 1. The molecule has 8 heteroatoms. The topological polar surface area (TPSA) is 84.6 Å². The summed E-state index contributed by atoms with van der Waals surface area (Å²) in [6.45, 7) is 7.55. The summed E-state index contributed by atoms with van der Waals surface area (Å²) in [5.41, 5.74) is 0.365. The van der Waals surface area contributed by atoms with Crippen LogP contribution in [-0.4, -0.2) is 34.4 Å². The summed E-state index contributed by atoms with van der Waals surface area (Å²) < 4.78 is 5.13. The zero-order valence-electron chi connectivity index (χ0n) is 15.5. The van der Waals surface area contributed by atoms with Crippen molar-refractivity contribution in [1.82, 2.24) is 5.32 Å². The number of alkyl carbamates (subject to hydrolysis) is 1. The van der Waals surface area contributed by atoms with Crippen LogP contribution in [-0.2, 0) is 9.53 Å². The van der Waals surface area contributed by atoms with E-state index in [2.05, 4.69) is 15.4 Å². The number of nitrogens with zero attached hydrogens (tertiary/aromatic N) is 2. The smallest absolute Gasteiger partial charge is 0.407 e. The maximum Gasteiger partial charge on any atom is 0.407 e. The average molecular weight is 377 g/mol. The minimum Gasteiger partial charge on any atom is -0.444 e. The zero-order valence-corrected chi connectivity index (χ0v) is 16.4. The van der Waals surface area contributed by atoms with Crippen molar-refractivity contribution in [3.05, 3.63) is 30.3 Å². The van der Waals surface area contributed by atoms with Gasteiger partial charge in [0.1, 0.15) is 10.6 Å². The molecular weight excluding hydrogens is 352 g/mol. The Kier molecular flexibility index (Phi) is 6.93. The van der Waals surface area contributed by atoms with Crippen molar-refractivity contribution < 1.29 is 19.3 Å². The van der Waals surface area contributed by atoms with Crippen LogP contribution in [0.3, 0.4) is 0 Å². The van der Waals surface area contributed by atoms with Gasteiger partial charge in [0.05, 0.1) is 0 Å². The minimum atomic E-state index is -0.567. The fourth-order valence-electron chi connectivity index (χ4n) is 2.12. The second-order valence-corrected chi connectivity index (χ2v) is 7.73. The Bertz CT molecular complexity index is 711. The monoisotopic (exact) mass is 377 g/mol. The van der Waals surface area contributed by atoms with Crippen LogP contribution in [0.1, 0.15) is 40.5 Å². The van der Waals surface area contributed by atoms with Crippen molar-refractivity contribution in [3.63, 3.8) is 0 Å². The van der Waals surface area contributed by atoms with E-state index < -0.39 is 11.7 Å². The van der Waals surface area contributed by atoms with Crippen molar-refractivity contribution in [1.29, 1.82) is 0 Å². The second kappa shape index (κ2) is 8.95. The molecule has 1 atom stereocenters. The highest BCUT2D eigenvalue weighted by atomic mass is 32.2. The predicted molar refractivity (Wildman–Crippen MR) is 104 cm³/mol. The number of para-hydroxylation sites is 1. The molecule has 0 bridgehead atoms. The Morgan fingerprint density at radius 2 is 1.96 bits per heavy atom. The summed E-state index contributed by atoms with van der Waals surface area (Å²) in [5, 5.41) is 9.41. The summed E-state index contributed by atoms with van der Waals surface area (Å²) >= 11 is 1.42. The summed E-state index contributed by atoms with van der Waals surface area (Å²) in [7, 11) is 0. The second-order valence-electron chi connectivity index (χ2n) is 6.67. The van der Waals surface area contributed by atoms with Gasteiger partial charge in [0.25, 0.3) is 5.91 Å². The third-order valence-electron chi connectivity index (χ3n) is 3.24. The van der Waals surface area contributed by atoms with Crippen molar-refractivity contribution >= 4 is 39.7 Å². The summed E-state index contributed by atoms with van der Waals surface area (Å²) in [4.78, 5) is 28.0. The molecule has 26 heavy (non-hydrogen) atoms. The Balaban J connectivity index is 1.95. The fourth-order valence-corrected chi connectivity index (χ4v) is 3.03. The number of hydrogen-bond donors (Lipinski definition) is 2. The highest BCUT2D eigenvalue weighted by Gasteiger charge is 2.31. The number of thioether (sulfide) groups is 1. The maximum absolute atomic E-state index is 12.2. The molecule has 0 aromatic heterocycles. The number of amidine groups is 1. The molecule has 140 valence electrons. The average Bonchev–Trinajstić information content (AvgIpc) is 2.97. The number of amides is 2. The molecule has 0 radical (unpaired) electrons. The van der Waals surface area contributed by atoms with Crippen LogP contribution in [0.4, 0.5) is 10.5 Å². The molecule has 1 aromatic carbocycles. The molecule has 2 rings (SSSR count). The van der Waals surface area contributed by atoms with Gasteiger partial charge in [-0.2, -0.15) is 4.99 Å². The first-order valence-corrected chi connectivity index (χ1v) is 9.36. The number of hydrogen-bond acceptors (Lipinski definition) is 5. The van der Waals surface area contributed by atoms with E-state index >= 15 is 0 Å². The molecule has 1 heterocycles. The lowest BCUT2D eigenvalue weighted by molar-refractivity contribution is -0.732. The summed E-state index contributed by atoms with van der Waals surface area (Å²) in [6.07, 6.45) is 0.350. The van der Waals surface area contributed by atoms with Crippen LogP contribution in [0.5, 0.6) is 0 Å². The van der Waals surface area contributed by atoms with Crippen molar-refractivity contribution in [3.8, 4) is 0 Å². The molecule has 0 fully saturated rings. The van der Waals surface area contributed by atoms with Crippen LogP contribution in [0.2, 0.25) is 0 Å². The quantitative estimate of drug-likeness (QED) is 0.826. The van der Waals surface area contributed by atoms with Gasteiger partial charge in [-0.15, -0.1) is 5.01 Å². The molecule has 2 amide bonds. The number of nitrogens with one attached hydrogen (secondary N) is 2. The first-order valence-electron chi connectivity index (χ1n) is 8.55. The predicted octanol–water partition coefficient (Wildman–Crippen LogP) is 2.47. The number of aliphatic imine (C=N–C) groups is 1. The number of carbonyl (C=O) groups is 2. The van der Waals surface area contributed by atoms with Crippen LogP contribution >= 0.6 is 11.8 Å².